The molecule has 0 saturated carbocycles. The quantitative estimate of drug-likeness (QED) is 0.652. The maximum atomic E-state index is 13.1. The average Bonchev–Trinajstić information content (AvgIpc) is 3.02. The van der Waals surface area contributed by atoms with Crippen molar-refractivity contribution in [1.82, 2.24) is 14.7 Å². The first-order chi connectivity index (χ1) is 12.4. The molecule has 26 heavy (non-hydrogen) atoms. The Hall–Kier alpha value is -2.34. The molecule has 3 nitrogen and oxygen atoms in total. The zero-order valence-electron chi connectivity index (χ0n) is 14.5. The third kappa shape index (κ3) is 3.09. The minimum atomic E-state index is -4.37. The summed E-state index contributed by atoms with van der Waals surface area (Å²) in [5.41, 5.74) is 1.62. The molecular weight excluding hydrogens is 339 g/mol. The van der Waals surface area contributed by atoms with E-state index in [0.717, 1.165) is 54.7 Å². The molecule has 3 aromatic rings. The lowest BCUT2D eigenvalue weighted by Gasteiger charge is -2.28. The topological polar surface area (TPSA) is 21.1 Å². The fraction of sp³-hybridized carbons (Fsp3) is 0.350. The van der Waals surface area contributed by atoms with Crippen LogP contribution in [-0.4, -0.2) is 34.8 Å². The van der Waals surface area contributed by atoms with Gasteiger partial charge in [-0.25, -0.2) is 4.68 Å². The molecule has 1 aromatic heterocycles. The predicted molar refractivity (Wildman–Crippen MR) is 95.5 cm³/mol. The van der Waals surface area contributed by atoms with Crippen molar-refractivity contribution in [2.24, 2.45) is 0 Å². The lowest BCUT2D eigenvalue weighted by Crippen LogP contribution is -2.29. The highest BCUT2D eigenvalue weighted by Crippen LogP contribution is 2.35. The summed E-state index contributed by atoms with van der Waals surface area (Å²) in [7, 11) is 2.11. The van der Waals surface area contributed by atoms with Gasteiger partial charge in [0.2, 0.25) is 0 Å². The number of para-hydroxylation sites is 1. The number of piperidine rings is 1. The summed E-state index contributed by atoms with van der Waals surface area (Å²) in [5.74, 6) is 0.336. The number of alkyl halides is 3. The number of aromatic nitrogens is 2. The second kappa shape index (κ2) is 6.43. The van der Waals surface area contributed by atoms with Gasteiger partial charge in [-0.3, -0.25) is 0 Å². The molecule has 2 aromatic carbocycles. The molecule has 0 radical (unpaired) electrons. The number of fused-ring (bicyclic) bond motifs is 1. The second-order valence-electron chi connectivity index (χ2n) is 6.94. The molecule has 1 aliphatic heterocycles. The maximum absolute atomic E-state index is 13.1. The zero-order valence-corrected chi connectivity index (χ0v) is 14.5. The van der Waals surface area contributed by atoms with Crippen LogP contribution in [0.1, 0.15) is 30.0 Å². The van der Waals surface area contributed by atoms with E-state index in [2.05, 4.69) is 11.9 Å². The Morgan fingerprint density at radius 3 is 2.46 bits per heavy atom. The van der Waals surface area contributed by atoms with Crippen LogP contribution in [-0.2, 0) is 6.18 Å². The molecule has 136 valence electrons. The number of hydrogen-bond acceptors (Lipinski definition) is 2. The monoisotopic (exact) mass is 359 g/mol. The van der Waals surface area contributed by atoms with E-state index in [9.17, 15) is 13.2 Å². The molecule has 0 unspecified atom stereocenters. The van der Waals surface area contributed by atoms with Crippen LogP contribution >= 0.6 is 0 Å². The van der Waals surface area contributed by atoms with Crippen LogP contribution < -0.4 is 0 Å². The summed E-state index contributed by atoms with van der Waals surface area (Å²) >= 11 is 0. The summed E-state index contributed by atoms with van der Waals surface area (Å²) in [6.45, 7) is 2.02. The molecule has 0 atom stereocenters. The van der Waals surface area contributed by atoms with Crippen molar-refractivity contribution in [2.45, 2.75) is 24.9 Å². The first-order valence-corrected chi connectivity index (χ1v) is 8.77. The number of hydrogen-bond donors (Lipinski definition) is 0. The van der Waals surface area contributed by atoms with Crippen LogP contribution in [0.4, 0.5) is 13.2 Å². The Morgan fingerprint density at radius 2 is 1.73 bits per heavy atom. The summed E-state index contributed by atoms with van der Waals surface area (Å²) < 4.78 is 40.9. The Labute approximate surface area is 150 Å². The SMILES string of the molecule is CN1CCC(c2nn(-c3cccc(C(F)(F)F)c3)c3ccccc23)CC1. The maximum Gasteiger partial charge on any atom is 0.416 e. The van der Waals surface area contributed by atoms with Crippen LogP contribution in [0.3, 0.4) is 0 Å². The van der Waals surface area contributed by atoms with Gasteiger partial charge in [-0.1, -0.05) is 24.3 Å². The molecule has 0 N–H and O–H groups in total. The summed E-state index contributed by atoms with van der Waals surface area (Å²) in [6.07, 6.45) is -2.34. The van der Waals surface area contributed by atoms with Gasteiger partial charge >= 0.3 is 6.18 Å². The van der Waals surface area contributed by atoms with Crippen LogP contribution in [0.5, 0.6) is 0 Å². The van der Waals surface area contributed by atoms with Crippen molar-refractivity contribution in [3.05, 3.63) is 59.8 Å². The van der Waals surface area contributed by atoms with Crippen LogP contribution in [0.2, 0.25) is 0 Å². The van der Waals surface area contributed by atoms with Crippen molar-refractivity contribution in [2.75, 3.05) is 20.1 Å². The van der Waals surface area contributed by atoms with Crippen molar-refractivity contribution in [3.63, 3.8) is 0 Å². The predicted octanol–water partition coefficient (Wildman–Crippen LogP) is 4.85. The smallest absolute Gasteiger partial charge is 0.306 e. The third-order valence-corrected chi connectivity index (χ3v) is 5.14. The van der Waals surface area contributed by atoms with Gasteiger partial charge in [-0.15, -0.1) is 0 Å². The van der Waals surface area contributed by atoms with Gasteiger partial charge in [0.25, 0.3) is 0 Å². The van der Waals surface area contributed by atoms with Gasteiger partial charge < -0.3 is 4.90 Å². The zero-order chi connectivity index (χ0) is 18.3. The van der Waals surface area contributed by atoms with E-state index in [1.807, 2.05) is 24.3 Å². The number of nitrogens with zero attached hydrogens (tertiary/aromatic N) is 3. The molecule has 0 spiro atoms. The normalized spacial score (nSPS) is 17.1. The van der Waals surface area contributed by atoms with Gasteiger partial charge in [0.05, 0.1) is 22.5 Å². The van der Waals surface area contributed by atoms with E-state index >= 15 is 0 Å². The fourth-order valence-corrected chi connectivity index (χ4v) is 3.68. The highest BCUT2D eigenvalue weighted by atomic mass is 19.4. The van der Waals surface area contributed by atoms with Gasteiger partial charge in [0.1, 0.15) is 0 Å². The van der Waals surface area contributed by atoms with Crippen LogP contribution in [0, 0.1) is 0 Å². The minimum Gasteiger partial charge on any atom is -0.306 e. The highest BCUT2D eigenvalue weighted by Gasteiger charge is 2.31. The van der Waals surface area contributed by atoms with E-state index < -0.39 is 11.7 Å². The van der Waals surface area contributed by atoms with E-state index in [1.165, 1.54) is 6.07 Å². The Kier molecular flexibility index (Phi) is 4.23. The summed E-state index contributed by atoms with van der Waals surface area (Å²) in [6, 6.07) is 13.1. The molecule has 1 fully saturated rings. The third-order valence-electron chi connectivity index (χ3n) is 5.14. The molecular formula is C20H20F3N3. The molecule has 4 rings (SSSR count). The standard InChI is InChI=1S/C20H20F3N3/c1-25-11-9-14(10-12-25)19-17-7-2-3-8-18(17)26(24-19)16-6-4-5-15(13-16)20(21,22)23/h2-8,13-14H,9-12H2,1H3. The van der Waals surface area contributed by atoms with Gasteiger partial charge in [-0.05, 0) is 57.2 Å². The average molecular weight is 359 g/mol. The van der Waals surface area contributed by atoms with Gasteiger partial charge in [0.15, 0.2) is 0 Å². The molecule has 0 aliphatic carbocycles. The number of rotatable bonds is 2. The summed E-state index contributed by atoms with van der Waals surface area (Å²) in [4.78, 5) is 2.29. The molecule has 1 saturated heterocycles. The largest absolute Gasteiger partial charge is 0.416 e. The van der Waals surface area contributed by atoms with Crippen molar-refractivity contribution >= 4 is 10.9 Å². The van der Waals surface area contributed by atoms with Crippen molar-refractivity contribution < 1.29 is 13.2 Å². The van der Waals surface area contributed by atoms with E-state index in [-0.39, 0.29) is 0 Å². The highest BCUT2D eigenvalue weighted by molar-refractivity contribution is 5.84. The van der Waals surface area contributed by atoms with Crippen molar-refractivity contribution in [3.8, 4) is 5.69 Å². The number of halogens is 3. The lowest BCUT2D eigenvalue weighted by atomic mass is 9.92. The second-order valence-corrected chi connectivity index (χ2v) is 6.94. The molecule has 1 aliphatic rings. The molecule has 6 heteroatoms. The number of benzene rings is 2. The Bertz CT molecular complexity index is 921. The van der Waals surface area contributed by atoms with Crippen LogP contribution in [0.15, 0.2) is 48.5 Å². The molecule has 2 heterocycles. The Balaban J connectivity index is 1.82. The van der Waals surface area contributed by atoms with Gasteiger partial charge in [0, 0.05) is 11.3 Å². The van der Waals surface area contributed by atoms with Gasteiger partial charge in [-0.2, -0.15) is 18.3 Å². The lowest BCUT2D eigenvalue weighted by molar-refractivity contribution is -0.137. The van der Waals surface area contributed by atoms with Crippen molar-refractivity contribution in [1.29, 1.82) is 0 Å². The fourth-order valence-electron chi connectivity index (χ4n) is 3.68. The first kappa shape index (κ1) is 17.1. The molecule has 0 bridgehead atoms. The minimum absolute atomic E-state index is 0.336. The first-order valence-electron chi connectivity index (χ1n) is 8.77. The number of likely N-dealkylation sites (tertiary alicyclic amines) is 1. The van der Waals surface area contributed by atoms with E-state index in [0.29, 0.717) is 11.6 Å². The Morgan fingerprint density at radius 1 is 1.00 bits per heavy atom. The van der Waals surface area contributed by atoms with E-state index in [1.54, 1.807) is 10.7 Å². The van der Waals surface area contributed by atoms with E-state index in [4.69, 9.17) is 5.10 Å². The summed E-state index contributed by atoms with van der Waals surface area (Å²) in [5, 5.41) is 5.79. The molecule has 0 amide bonds. The van der Waals surface area contributed by atoms with Crippen LogP contribution in [0.25, 0.3) is 16.6 Å².